The van der Waals surface area contributed by atoms with E-state index in [1.165, 1.54) is 6.08 Å². The number of carbonyl (C=O) groups is 2. The van der Waals surface area contributed by atoms with Gasteiger partial charge in [-0.3, -0.25) is 4.79 Å². The number of ether oxygens (including phenoxy) is 2. The van der Waals surface area contributed by atoms with Crippen molar-refractivity contribution < 1.29 is 19.1 Å². The van der Waals surface area contributed by atoms with Crippen molar-refractivity contribution in [3.8, 4) is 0 Å². The minimum absolute atomic E-state index is 0.194. The summed E-state index contributed by atoms with van der Waals surface area (Å²) in [6.45, 7) is 17.7. The Hall–Kier alpha value is -1.56. The van der Waals surface area contributed by atoms with E-state index in [1.807, 2.05) is 48.5 Å². The van der Waals surface area contributed by atoms with Crippen molar-refractivity contribution in [1.29, 1.82) is 0 Å². The Kier molecular flexibility index (Phi) is 8.47. The van der Waals surface area contributed by atoms with Gasteiger partial charge in [-0.25, -0.2) is 4.79 Å². The largest absolute Gasteiger partial charge is 0.444 e. The van der Waals surface area contributed by atoms with Gasteiger partial charge in [0.05, 0.1) is 5.60 Å². The van der Waals surface area contributed by atoms with Crippen molar-refractivity contribution in [3.05, 3.63) is 12.7 Å². The van der Waals surface area contributed by atoms with Crippen LogP contribution in [0.15, 0.2) is 12.7 Å². The van der Waals surface area contributed by atoms with Gasteiger partial charge >= 0.3 is 6.09 Å². The number of alkyl carbamates (subject to hydrolysis) is 1. The Bertz CT molecular complexity index is 437. The van der Waals surface area contributed by atoms with Crippen LogP contribution in [-0.4, -0.2) is 41.9 Å². The molecule has 24 heavy (non-hydrogen) atoms. The minimum atomic E-state index is -0.502. The van der Waals surface area contributed by atoms with Crippen LogP contribution in [0.2, 0.25) is 0 Å². The normalized spacial score (nSPS) is 12.5. The summed E-state index contributed by atoms with van der Waals surface area (Å²) in [6, 6.07) is 0. The van der Waals surface area contributed by atoms with Gasteiger partial charge in [0.2, 0.25) is 5.91 Å². The third kappa shape index (κ3) is 11.9. The van der Waals surface area contributed by atoms with E-state index in [1.54, 1.807) is 0 Å². The molecule has 2 amide bonds. The standard InChI is InChI=1S/C18H34N2O4/c1-9-14(21)20-17(5,6)11-13-23-18(7,8)10-12-19-15(22)24-16(2,3)4/h9H,1,10-13H2,2-8H3,(H,19,22)(H,20,21). The highest BCUT2D eigenvalue weighted by atomic mass is 16.6. The van der Waals surface area contributed by atoms with Crippen LogP contribution in [0.5, 0.6) is 0 Å². The van der Waals surface area contributed by atoms with Crippen molar-refractivity contribution in [2.75, 3.05) is 13.2 Å². The third-order valence-electron chi connectivity index (χ3n) is 3.26. The van der Waals surface area contributed by atoms with Gasteiger partial charge in [0.1, 0.15) is 5.60 Å². The van der Waals surface area contributed by atoms with E-state index in [-0.39, 0.29) is 17.0 Å². The topological polar surface area (TPSA) is 76.7 Å². The summed E-state index contributed by atoms with van der Waals surface area (Å²) in [5, 5.41) is 5.59. The highest BCUT2D eigenvalue weighted by Crippen LogP contribution is 2.17. The van der Waals surface area contributed by atoms with Crippen LogP contribution in [0.3, 0.4) is 0 Å². The van der Waals surface area contributed by atoms with Gasteiger partial charge in [0.15, 0.2) is 0 Å². The molecular formula is C18H34N2O4. The van der Waals surface area contributed by atoms with E-state index in [2.05, 4.69) is 17.2 Å². The van der Waals surface area contributed by atoms with E-state index in [4.69, 9.17) is 9.47 Å². The zero-order valence-corrected chi connectivity index (χ0v) is 16.2. The lowest BCUT2D eigenvalue weighted by atomic mass is 10.0. The van der Waals surface area contributed by atoms with Crippen LogP contribution in [0.4, 0.5) is 4.79 Å². The van der Waals surface area contributed by atoms with Gasteiger partial charge in [-0.1, -0.05) is 6.58 Å². The number of nitrogens with one attached hydrogen (secondary N) is 2. The smallest absolute Gasteiger partial charge is 0.407 e. The van der Waals surface area contributed by atoms with Gasteiger partial charge in [-0.15, -0.1) is 0 Å². The molecule has 0 fully saturated rings. The second kappa shape index (κ2) is 9.06. The van der Waals surface area contributed by atoms with Gasteiger partial charge in [0.25, 0.3) is 0 Å². The molecule has 6 nitrogen and oxygen atoms in total. The van der Waals surface area contributed by atoms with Crippen molar-refractivity contribution in [2.45, 2.75) is 78.0 Å². The van der Waals surface area contributed by atoms with Crippen LogP contribution in [0, 0.1) is 0 Å². The molecule has 0 heterocycles. The molecule has 0 aromatic heterocycles. The number of hydrogen-bond acceptors (Lipinski definition) is 4. The lowest BCUT2D eigenvalue weighted by Crippen LogP contribution is -2.44. The first-order chi connectivity index (χ1) is 10.8. The average Bonchev–Trinajstić information content (AvgIpc) is 2.34. The van der Waals surface area contributed by atoms with E-state index >= 15 is 0 Å². The number of carbonyl (C=O) groups excluding carboxylic acids is 2. The van der Waals surface area contributed by atoms with Crippen molar-refractivity contribution >= 4 is 12.0 Å². The molecule has 140 valence electrons. The number of amides is 2. The van der Waals surface area contributed by atoms with Gasteiger partial charge in [-0.05, 0) is 67.4 Å². The molecule has 0 aliphatic heterocycles. The second-order valence-corrected chi connectivity index (χ2v) is 8.11. The summed E-state index contributed by atoms with van der Waals surface area (Å²) >= 11 is 0. The van der Waals surface area contributed by atoms with E-state index in [0.717, 1.165) is 0 Å². The second-order valence-electron chi connectivity index (χ2n) is 8.11. The molecule has 0 atom stereocenters. The Labute approximate surface area is 146 Å². The van der Waals surface area contributed by atoms with E-state index in [9.17, 15) is 9.59 Å². The predicted molar refractivity (Wildman–Crippen MR) is 95.9 cm³/mol. The molecule has 0 aromatic carbocycles. The highest BCUT2D eigenvalue weighted by Gasteiger charge is 2.23. The molecule has 0 bridgehead atoms. The Morgan fingerprint density at radius 3 is 2.12 bits per heavy atom. The zero-order valence-electron chi connectivity index (χ0n) is 16.2. The molecule has 0 aliphatic rings. The van der Waals surface area contributed by atoms with Gasteiger partial charge in [0, 0.05) is 18.7 Å². The summed E-state index contributed by atoms with van der Waals surface area (Å²) in [4.78, 5) is 23.0. The molecule has 0 aromatic rings. The molecule has 0 saturated carbocycles. The maximum atomic E-state index is 11.6. The summed E-state index contributed by atoms with van der Waals surface area (Å²) in [5.74, 6) is -0.194. The first kappa shape index (κ1) is 22.4. The van der Waals surface area contributed by atoms with Crippen LogP contribution in [0.25, 0.3) is 0 Å². The number of rotatable bonds is 9. The van der Waals surface area contributed by atoms with Crippen molar-refractivity contribution in [1.82, 2.24) is 10.6 Å². The molecular weight excluding hydrogens is 308 g/mol. The van der Waals surface area contributed by atoms with E-state index < -0.39 is 11.7 Å². The Morgan fingerprint density at radius 2 is 1.62 bits per heavy atom. The molecule has 0 spiro atoms. The first-order valence-electron chi connectivity index (χ1n) is 8.32. The molecule has 0 saturated heterocycles. The monoisotopic (exact) mass is 342 g/mol. The summed E-state index contributed by atoms with van der Waals surface area (Å²) in [7, 11) is 0. The van der Waals surface area contributed by atoms with Crippen LogP contribution in [-0.2, 0) is 14.3 Å². The summed E-state index contributed by atoms with van der Waals surface area (Å²) in [6.07, 6.45) is 2.17. The Balaban J connectivity index is 4.11. The minimum Gasteiger partial charge on any atom is -0.444 e. The molecule has 2 N–H and O–H groups in total. The fourth-order valence-corrected chi connectivity index (χ4v) is 1.88. The molecule has 6 heteroatoms. The Morgan fingerprint density at radius 1 is 1.04 bits per heavy atom. The summed E-state index contributed by atoms with van der Waals surface area (Å²) < 4.78 is 11.1. The SMILES string of the molecule is C=CC(=O)NC(C)(C)CCOC(C)(C)CCNC(=O)OC(C)(C)C. The van der Waals surface area contributed by atoms with Gasteiger partial charge in [-0.2, -0.15) is 0 Å². The molecule has 0 radical (unpaired) electrons. The maximum Gasteiger partial charge on any atom is 0.407 e. The first-order valence-corrected chi connectivity index (χ1v) is 8.32. The molecule has 0 unspecified atom stereocenters. The zero-order chi connectivity index (χ0) is 19.0. The van der Waals surface area contributed by atoms with Crippen LogP contribution < -0.4 is 10.6 Å². The van der Waals surface area contributed by atoms with Crippen molar-refractivity contribution in [3.63, 3.8) is 0 Å². The average molecular weight is 342 g/mol. The summed E-state index contributed by atoms with van der Waals surface area (Å²) in [5.41, 5.74) is -1.25. The van der Waals surface area contributed by atoms with Crippen LogP contribution in [0.1, 0.15) is 61.3 Å². The maximum absolute atomic E-state index is 11.6. The quantitative estimate of drug-likeness (QED) is 0.631. The lowest BCUT2D eigenvalue weighted by Gasteiger charge is -2.30. The van der Waals surface area contributed by atoms with E-state index in [0.29, 0.717) is 26.0 Å². The fourth-order valence-electron chi connectivity index (χ4n) is 1.88. The van der Waals surface area contributed by atoms with Gasteiger partial charge < -0.3 is 20.1 Å². The van der Waals surface area contributed by atoms with Crippen LogP contribution >= 0.6 is 0 Å². The number of hydrogen-bond donors (Lipinski definition) is 2. The molecule has 0 rings (SSSR count). The molecule has 0 aliphatic carbocycles. The van der Waals surface area contributed by atoms with Crippen molar-refractivity contribution in [2.24, 2.45) is 0 Å². The predicted octanol–water partition coefficient (Wildman–Crippen LogP) is 3.17. The third-order valence-corrected chi connectivity index (χ3v) is 3.26. The highest BCUT2D eigenvalue weighted by molar-refractivity contribution is 5.87. The fraction of sp³-hybridized carbons (Fsp3) is 0.778. The lowest BCUT2D eigenvalue weighted by molar-refractivity contribution is -0.118.